The van der Waals surface area contributed by atoms with Crippen LogP contribution in [0.2, 0.25) is 0 Å². The maximum atomic E-state index is 11.9. The highest BCUT2D eigenvalue weighted by Crippen LogP contribution is 2.52. The number of hydrogen-bond acceptors (Lipinski definition) is 7. The molecule has 0 saturated heterocycles. The van der Waals surface area contributed by atoms with Crippen molar-refractivity contribution in [3.05, 3.63) is 16.6 Å². The first-order chi connectivity index (χ1) is 9.68. The van der Waals surface area contributed by atoms with Crippen LogP contribution < -0.4 is 14.8 Å². The molecule has 0 saturated carbocycles. The lowest BCUT2D eigenvalue weighted by atomic mass is 10.5. The van der Waals surface area contributed by atoms with Crippen LogP contribution in [0.1, 0.15) is 27.7 Å². The van der Waals surface area contributed by atoms with Crippen LogP contribution in [0, 0.1) is 0 Å². The molecule has 1 aromatic heterocycles. The van der Waals surface area contributed by atoms with E-state index in [4.69, 9.17) is 30.1 Å². The number of ether oxygens (including phenoxy) is 1. The van der Waals surface area contributed by atoms with E-state index in [1.54, 1.807) is 0 Å². The minimum Gasteiger partial charge on any atom is -0.488 e. The van der Waals surface area contributed by atoms with Crippen molar-refractivity contribution in [3.63, 3.8) is 0 Å². The molecule has 9 heteroatoms. The number of aromatic nitrogens is 2. The van der Waals surface area contributed by atoms with Crippen LogP contribution in [-0.4, -0.2) is 29.1 Å². The molecule has 1 heterocycles. The third kappa shape index (κ3) is 5.07. The fourth-order valence-electron chi connectivity index (χ4n) is 1.46. The van der Waals surface area contributed by atoms with Crippen molar-refractivity contribution in [3.8, 4) is 11.5 Å². The molecule has 0 aliphatic rings. The fraction of sp³-hybridized carbons (Fsp3) is 0.667. The van der Waals surface area contributed by atoms with Crippen molar-refractivity contribution >= 4 is 18.5 Å². The third-order valence-corrected chi connectivity index (χ3v) is 4.67. The Morgan fingerprint density at radius 3 is 2.19 bits per heavy atom. The number of hydrogen-bond donors (Lipinski definition) is 0. The summed E-state index contributed by atoms with van der Waals surface area (Å²) in [7, 11) is 2.89. The SMILES string of the molecule is COc1c(OP(=S)(OC(C)C)OC(C)C)cnn(C)c1=O. The van der Waals surface area contributed by atoms with Gasteiger partial charge >= 0.3 is 12.3 Å². The topological polar surface area (TPSA) is 71.8 Å². The van der Waals surface area contributed by atoms with Crippen molar-refractivity contribution < 1.29 is 18.3 Å². The van der Waals surface area contributed by atoms with Crippen LogP contribution >= 0.6 is 6.72 Å². The van der Waals surface area contributed by atoms with Crippen molar-refractivity contribution in [1.29, 1.82) is 0 Å². The van der Waals surface area contributed by atoms with Gasteiger partial charge in [-0.2, -0.15) is 5.10 Å². The van der Waals surface area contributed by atoms with E-state index in [1.807, 2.05) is 27.7 Å². The van der Waals surface area contributed by atoms with E-state index in [0.717, 1.165) is 4.68 Å². The van der Waals surface area contributed by atoms with Crippen LogP contribution in [-0.2, 0) is 27.9 Å². The summed E-state index contributed by atoms with van der Waals surface area (Å²) < 4.78 is 23.1. The molecular weight excluding hydrogens is 315 g/mol. The number of rotatable bonds is 7. The van der Waals surface area contributed by atoms with E-state index >= 15 is 0 Å². The Morgan fingerprint density at radius 1 is 1.24 bits per heavy atom. The molecule has 0 bridgehead atoms. The molecule has 0 atom stereocenters. The van der Waals surface area contributed by atoms with Gasteiger partial charge in [0.15, 0.2) is 5.75 Å². The molecule has 0 fully saturated rings. The molecule has 21 heavy (non-hydrogen) atoms. The zero-order chi connectivity index (χ0) is 16.2. The Hall–Kier alpha value is -0.950. The normalized spacial score (nSPS) is 12.0. The van der Waals surface area contributed by atoms with Gasteiger partial charge in [-0.15, -0.1) is 0 Å². The first kappa shape index (κ1) is 18.1. The smallest absolute Gasteiger partial charge is 0.381 e. The van der Waals surface area contributed by atoms with Crippen LogP contribution in [0.4, 0.5) is 0 Å². The fourth-order valence-corrected chi connectivity index (χ4v) is 4.27. The first-order valence-corrected chi connectivity index (χ1v) is 9.01. The third-order valence-electron chi connectivity index (χ3n) is 2.15. The molecule has 0 aliphatic carbocycles. The Kier molecular flexibility index (Phi) is 6.34. The van der Waals surface area contributed by atoms with Gasteiger partial charge in [0.25, 0.3) is 0 Å². The van der Waals surface area contributed by atoms with E-state index in [-0.39, 0.29) is 23.7 Å². The molecular formula is C12H21N2O5PS. The molecule has 0 radical (unpaired) electrons. The highest BCUT2D eigenvalue weighted by molar-refractivity contribution is 8.07. The van der Waals surface area contributed by atoms with E-state index in [2.05, 4.69) is 5.10 Å². The monoisotopic (exact) mass is 336 g/mol. The van der Waals surface area contributed by atoms with Crippen molar-refractivity contribution in [1.82, 2.24) is 9.78 Å². The average Bonchev–Trinajstić information content (AvgIpc) is 2.32. The average molecular weight is 336 g/mol. The van der Waals surface area contributed by atoms with E-state index < -0.39 is 12.3 Å². The first-order valence-electron chi connectivity index (χ1n) is 6.45. The molecule has 120 valence electrons. The second-order valence-corrected chi connectivity index (χ2v) is 7.66. The van der Waals surface area contributed by atoms with Crippen molar-refractivity contribution in [2.45, 2.75) is 39.9 Å². The summed E-state index contributed by atoms with van der Waals surface area (Å²) in [5.41, 5.74) is -0.425. The summed E-state index contributed by atoms with van der Waals surface area (Å²) in [5.74, 6) is 0.131. The predicted octanol–water partition coefficient (Wildman–Crippen LogP) is 2.24. The Labute approximate surface area is 129 Å². The predicted molar refractivity (Wildman–Crippen MR) is 83.4 cm³/mol. The zero-order valence-corrected chi connectivity index (χ0v) is 14.7. The van der Waals surface area contributed by atoms with Crippen molar-refractivity contribution in [2.24, 2.45) is 7.05 Å². The van der Waals surface area contributed by atoms with Crippen LogP contribution in [0.5, 0.6) is 11.5 Å². The van der Waals surface area contributed by atoms with Crippen molar-refractivity contribution in [2.75, 3.05) is 7.11 Å². The Morgan fingerprint density at radius 2 is 1.76 bits per heavy atom. The minimum absolute atomic E-state index is 0.0152. The van der Waals surface area contributed by atoms with Gasteiger partial charge in [-0.1, -0.05) is 0 Å². The lowest BCUT2D eigenvalue weighted by Gasteiger charge is -2.26. The molecule has 0 aliphatic heterocycles. The number of nitrogens with zero attached hydrogens (tertiary/aromatic N) is 2. The van der Waals surface area contributed by atoms with Crippen LogP contribution in [0.25, 0.3) is 0 Å². The number of aryl methyl sites for hydroxylation is 1. The van der Waals surface area contributed by atoms with E-state index in [9.17, 15) is 4.79 Å². The summed E-state index contributed by atoms with van der Waals surface area (Å²) in [4.78, 5) is 11.9. The van der Waals surface area contributed by atoms with Crippen LogP contribution in [0.3, 0.4) is 0 Å². The van der Waals surface area contributed by atoms with Gasteiger partial charge in [0.05, 0.1) is 25.5 Å². The maximum absolute atomic E-state index is 11.9. The highest BCUT2D eigenvalue weighted by atomic mass is 32.5. The molecule has 0 N–H and O–H groups in total. The standard InChI is InChI=1S/C12H21N2O5PS/c1-8(2)17-20(21,18-9(3)4)19-10-7-13-14(5)12(15)11(10)16-6/h7-9H,1-6H3. The lowest BCUT2D eigenvalue weighted by Crippen LogP contribution is -2.22. The molecule has 0 spiro atoms. The number of methoxy groups -OCH3 is 1. The molecule has 1 aromatic rings. The molecule has 0 amide bonds. The summed E-state index contributed by atoms with van der Waals surface area (Å²) >= 11 is 5.37. The Balaban J connectivity index is 3.18. The summed E-state index contributed by atoms with van der Waals surface area (Å²) in [6.45, 7) is 4.24. The molecule has 0 unspecified atom stereocenters. The summed E-state index contributed by atoms with van der Waals surface area (Å²) in [6, 6.07) is 0. The molecule has 0 aromatic carbocycles. The van der Waals surface area contributed by atoms with Gasteiger partial charge in [-0.05, 0) is 27.7 Å². The van der Waals surface area contributed by atoms with Gasteiger partial charge in [-0.25, -0.2) is 4.68 Å². The van der Waals surface area contributed by atoms with E-state index in [0.29, 0.717) is 0 Å². The molecule has 1 rings (SSSR count). The second-order valence-electron chi connectivity index (χ2n) is 4.82. The summed E-state index contributed by atoms with van der Waals surface area (Å²) in [5, 5.41) is 3.89. The lowest BCUT2D eigenvalue weighted by molar-refractivity contribution is 0.139. The highest BCUT2D eigenvalue weighted by Gasteiger charge is 2.28. The van der Waals surface area contributed by atoms with Gasteiger partial charge in [0.1, 0.15) is 0 Å². The van der Waals surface area contributed by atoms with E-state index in [1.165, 1.54) is 20.4 Å². The minimum atomic E-state index is -3.06. The van der Waals surface area contributed by atoms with Gasteiger partial charge in [0.2, 0.25) is 5.75 Å². The zero-order valence-electron chi connectivity index (χ0n) is 13.0. The quantitative estimate of drug-likeness (QED) is 0.707. The largest absolute Gasteiger partial charge is 0.488 e. The van der Waals surface area contributed by atoms with Gasteiger partial charge in [0, 0.05) is 18.9 Å². The van der Waals surface area contributed by atoms with Gasteiger partial charge < -0.3 is 9.26 Å². The Bertz CT molecular complexity index is 574. The molecule has 7 nitrogen and oxygen atoms in total. The summed E-state index contributed by atoms with van der Waals surface area (Å²) in [6.07, 6.45) is 0.995. The second kappa shape index (κ2) is 7.35. The van der Waals surface area contributed by atoms with Crippen LogP contribution in [0.15, 0.2) is 11.0 Å². The van der Waals surface area contributed by atoms with Gasteiger partial charge in [-0.3, -0.25) is 13.8 Å². The maximum Gasteiger partial charge on any atom is 0.381 e.